The smallest absolute Gasteiger partial charge is 0.238 e. The Morgan fingerprint density at radius 2 is 2.00 bits per heavy atom. The van der Waals surface area contributed by atoms with Gasteiger partial charge in [0.2, 0.25) is 5.91 Å². The molecule has 0 bridgehead atoms. The molecule has 1 saturated carbocycles. The maximum Gasteiger partial charge on any atom is 0.238 e. The Morgan fingerprint density at radius 3 is 2.62 bits per heavy atom. The van der Waals surface area contributed by atoms with Crippen LogP contribution in [0.1, 0.15) is 18.4 Å². The summed E-state index contributed by atoms with van der Waals surface area (Å²) in [6.07, 6.45) is 2.62. The summed E-state index contributed by atoms with van der Waals surface area (Å²) in [6.45, 7) is 3.41. The second-order valence-corrected chi connectivity index (χ2v) is 4.49. The van der Waals surface area contributed by atoms with Gasteiger partial charge in [0.25, 0.3) is 0 Å². The van der Waals surface area contributed by atoms with E-state index in [2.05, 4.69) is 10.6 Å². The fourth-order valence-electron chi connectivity index (χ4n) is 1.55. The van der Waals surface area contributed by atoms with Gasteiger partial charge in [0.05, 0.1) is 6.54 Å². The highest BCUT2D eigenvalue weighted by Gasteiger charge is 2.20. The van der Waals surface area contributed by atoms with Crippen molar-refractivity contribution >= 4 is 11.6 Å². The first-order chi connectivity index (χ1) is 7.74. The van der Waals surface area contributed by atoms with E-state index >= 15 is 0 Å². The molecule has 16 heavy (non-hydrogen) atoms. The topological polar surface area (TPSA) is 41.1 Å². The molecule has 3 nitrogen and oxygen atoms in total. The van der Waals surface area contributed by atoms with E-state index in [1.54, 1.807) is 0 Å². The van der Waals surface area contributed by atoms with Crippen molar-refractivity contribution in [2.45, 2.75) is 19.8 Å². The van der Waals surface area contributed by atoms with Crippen LogP contribution in [0, 0.1) is 12.8 Å². The molecule has 1 aliphatic carbocycles. The minimum Gasteiger partial charge on any atom is -0.325 e. The van der Waals surface area contributed by atoms with Gasteiger partial charge in [-0.2, -0.15) is 0 Å². The normalized spacial score (nSPS) is 14.8. The maximum atomic E-state index is 11.5. The predicted molar refractivity (Wildman–Crippen MR) is 65.4 cm³/mol. The monoisotopic (exact) mass is 218 g/mol. The third-order valence-electron chi connectivity index (χ3n) is 2.75. The number of aryl methyl sites for hydroxylation is 1. The minimum atomic E-state index is 0.0319. The molecule has 0 aliphatic heterocycles. The first-order valence-electron chi connectivity index (χ1n) is 5.81. The van der Waals surface area contributed by atoms with Crippen LogP contribution in [-0.4, -0.2) is 19.0 Å². The maximum absolute atomic E-state index is 11.5. The molecular weight excluding hydrogens is 200 g/mol. The van der Waals surface area contributed by atoms with Gasteiger partial charge in [0, 0.05) is 5.69 Å². The molecule has 3 heteroatoms. The van der Waals surface area contributed by atoms with Gasteiger partial charge in [0.15, 0.2) is 0 Å². The zero-order valence-corrected chi connectivity index (χ0v) is 9.62. The Balaban J connectivity index is 1.70. The van der Waals surface area contributed by atoms with Crippen LogP contribution in [0.2, 0.25) is 0 Å². The van der Waals surface area contributed by atoms with Crippen LogP contribution < -0.4 is 10.6 Å². The number of amides is 1. The van der Waals surface area contributed by atoms with Crippen molar-refractivity contribution in [1.29, 1.82) is 0 Å². The first-order valence-corrected chi connectivity index (χ1v) is 5.81. The molecule has 1 aliphatic rings. The summed E-state index contributed by atoms with van der Waals surface area (Å²) in [7, 11) is 0. The molecule has 0 saturated heterocycles. The highest BCUT2D eigenvalue weighted by atomic mass is 16.1. The number of carbonyl (C=O) groups is 1. The number of rotatable bonds is 5. The molecular formula is C13H18N2O. The zero-order valence-electron chi connectivity index (χ0n) is 9.62. The number of hydrogen-bond donors (Lipinski definition) is 2. The quantitative estimate of drug-likeness (QED) is 0.793. The van der Waals surface area contributed by atoms with Gasteiger partial charge in [0.1, 0.15) is 0 Å². The van der Waals surface area contributed by atoms with Crippen molar-refractivity contribution in [3.63, 3.8) is 0 Å². The van der Waals surface area contributed by atoms with Crippen LogP contribution in [0.4, 0.5) is 5.69 Å². The van der Waals surface area contributed by atoms with E-state index in [-0.39, 0.29) is 5.91 Å². The fourth-order valence-corrected chi connectivity index (χ4v) is 1.55. The Kier molecular flexibility index (Phi) is 3.57. The second-order valence-electron chi connectivity index (χ2n) is 4.49. The van der Waals surface area contributed by atoms with Gasteiger partial charge in [-0.25, -0.2) is 0 Å². The Hall–Kier alpha value is -1.35. The molecule has 86 valence electrons. The van der Waals surface area contributed by atoms with Crippen LogP contribution >= 0.6 is 0 Å². The summed E-state index contributed by atoms with van der Waals surface area (Å²) in [5.74, 6) is 0.844. The highest BCUT2D eigenvalue weighted by Crippen LogP contribution is 2.27. The molecule has 1 aromatic carbocycles. The van der Waals surface area contributed by atoms with E-state index in [4.69, 9.17) is 0 Å². The Morgan fingerprint density at radius 1 is 1.31 bits per heavy atom. The molecule has 1 amide bonds. The Labute approximate surface area is 96.2 Å². The summed E-state index contributed by atoms with van der Waals surface area (Å²) >= 11 is 0. The van der Waals surface area contributed by atoms with E-state index in [1.165, 1.54) is 18.4 Å². The van der Waals surface area contributed by atoms with Crippen molar-refractivity contribution in [2.24, 2.45) is 5.92 Å². The lowest BCUT2D eigenvalue weighted by molar-refractivity contribution is -0.115. The summed E-state index contributed by atoms with van der Waals surface area (Å²) in [6, 6.07) is 7.84. The summed E-state index contributed by atoms with van der Waals surface area (Å²) in [5, 5.41) is 6.03. The lowest BCUT2D eigenvalue weighted by atomic mass is 10.2. The molecule has 0 spiro atoms. The van der Waals surface area contributed by atoms with Gasteiger partial charge in [-0.1, -0.05) is 17.7 Å². The van der Waals surface area contributed by atoms with E-state index < -0.39 is 0 Å². The van der Waals surface area contributed by atoms with Crippen molar-refractivity contribution in [3.8, 4) is 0 Å². The number of benzene rings is 1. The van der Waals surface area contributed by atoms with Gasteiger partial charge < -0.3 is 10.6 Å². The third-order valence-corrected chi connectivity index (χ3v) is 2.75. The zero-order chi connectivity index (χ0) is 11.4. The second kappa shape index (κ2) is 5.12. The molecule has 0 atom stereocenters. The molecule has 2 N–H and O–H groups in total. The van der Waals surface area contributed by atoms with Gasteiger partial charge in [-0.15, -0.1) is 0 Å². The van der Waals surface area contributed by atoms with Gasteiger partial charge in [-0.3, -0.25) is 4.79 Å². The number of hydrogen-bond acceptors (Lipinski definition) is 2. The summed E-state index contributed by atoms with van der Waals surface area (Å²) < 4.78 is 0. The van der Waals surface area contributed by atoms with E-state index in [0.29, 0.717) is 6.54 Å². The molecule has 0 heterocycles. The number of anilines is 1. The molecule has 0 unspecified atom stereocenters. The van der Waals surface area contributed by atoms with E-state index in [1.807, 2.05) is 31.2 Å². The SMILES string of the molecule is Cc1ccc(NC(=O)CNCC2CC2)cc1. The summed E-state index contributed by atoms with van der Waals surface area (Å²) in [5.41, 5.74) is 2.06. The van der Waals surface area contributed by atoms with Crippen LogP contribution in [0.25, 0.3) is 0 Å². The van der Waals surface area contributed by atoms with Crippen molar-refractivity contribution in [3.05, 3.63) is 29.8 Å². The van der Waals surface area contributed by atoms with Crippen LogP contribution in [0.3, 0.4) is 0 Å². The van der Waals surface area contributed by atoms with E-state index in [9.17, 15) is 4.79 Å². The average molecular weight is 218 g/mol. The molecule has 2 rings (SSSR count). The third kappa shape index (κ3) is 3.66. The highest BCUT2D eigenvalue weighted by molar-refractivity contribution is 5.92. The lowest BCUT2D eigenvalue weighted by Crippen LogP contribution is -2.29. The molecule has 1 fully saturated rings. The molecule has 0 aromatic heterocycles. The van der Waals surface area contributed by atoms with Crippen LogP contribution in [0.5, 0.6) is 0 Å². The summed E-state index contributed by atoms with van der Waals surface area (Å²) in [4.78, 5) is 11.5. The molecule has 1 aromatic rings. The van der Waals surface area contributed by atoms with Crippen LogP contribution in [0.15, 0.2) is 24.3 Å². The van der Waals surface area contributed by atoms with Crippen molar-refractivity contribution in [1.82, 2.24) is 5.32 Å². The van der Waals surface area contributed by atoms with Gasteiger partial charge >= 0.3 is 0 Å². The number of carbonyl (C=O) groups excluding carboxylic acids is 1. The van der Waals surface area contributed by atoms with Crippen LogP contribution in [-0.2, 0) is 4.79 Å². The Bertz CT molecular complexity index is 355. The fraction of sp³-hybridized carbons (Fsp3) is 0.462. The molecule has 0 radical (unpaired) electrons. The van der Waals surface area contributed by atoms with E-state index in [0.717, 1.165) is 18.2 Å². The minimum absolute atomic E-state index is 0.0319. The largest absolute Gasteiger partial charge is 0.325 e. The standard InChI is InChI=1S/C13H18N2O/c1-10-2-6-12(7-3-10)15-13(16)9-14-8-11-4-5-11/h2-3,6-7,11,14H,4-5,8-9H2,1H3,(H,15,16). The lowest BCUT2D eigenvalue weighted by Gasteiger charge is -2.06. The van der Waals surface area contributed by atoms with Crippen molar-refractivity contribution < 1.29 is 4.79 Å². The first kappa shape index (κ1) is 11.1. The van der Waals surface area contributed by atoms with Crippen molar-refractivity contribution in [2.75, 3.05) is 18.4 Å². The predicted octanol–water partition coefficient (Wildman–Crippen LogP) is 1.93. The average Bonchev–Trinajstić information content (AvgIpc) is 3.05. The number of nitrogens with one attached hydrogen (secondary N) is 2. The van der Waals surface area contributed by atoms with Gasteiger partial charge in [-0.05, 0) is 44.4 Å².